The Hall–Kier alpha value is -2.73. The third-order valence-corrected chi connectivity index (χ3v) is 4.85. The molecule has 0 bridgehead atoms. The first-order chi connectivity index (χ1) is 13.1. The van der Waals surface area contributed by atoms with Crippen molar-refractivity contribution in [2.75, 3.05) is 13.2 Å². The highest BCUT2D eigenvalue weighted by Gasteiger charge is 2.35. The van der Waals surface area contributed by atoms with Crippen LogP contribution >= 0.6 is 11.8 Å². The first kappa shape index (κ1) is 19.0. The fourth-order valence-corrected chi connectivity index (χ4v) is 3.54. The summed E-state index contributed by atoms with van der Waals surface area (Å²) in [5.41, 5.74) is 1.66. The van der Waals surface area contributed by atoms with Crippen molar-refractivity contribution >= 4 is 29.0 Å². The number of rotatable bonds is 7. The predicted molar refractivity (Wildman–Crippen MR) is 107 cm³/mol. The summed E-state index contributed by atoms with van der Waals surface area (Å²) in [5.74, 6) is 1.04. The van der Waals surface area contributed by atoms with Crippen molar-refractivity contribution in [1.29, 1.82) is 0 Å². The van der Waals surface area contributed by atoms with Crippen LogP contribution in [0.5, 0.6) is 11.5 Å². The lowest BCUT2D eigenvalue weighted by Gasteiger charge is -2.12. The van der Waals surface area contributed by atoms with E-state index in [1.165, 1.54) is 4.90 Å². The molecule has 1 fully saturated rings. The van der Waals surface area contributed by atoms with Gasteiger partial charge in [-0.2, -0.15) is 0 Å². The second-order valence-electron chi connectivity index (χ2n) is 5.82. The Morgan fingerprint density at radius 3 is 2.44 bits per heavy atom. The molecule has 0 aliphatic carbocycles. The van der Waals surface area contributed by atoms with Crippen molar-refractivity contribution in [3.63, 3.8) is 0 Å². The Balaban J connectivity index is 1.84. The average Bonchev–Trinajstić information content (AvgIpc) is 2.93. The van der Waals surface area contributed by atoms with Crippen LogP contribution in [0.2, 0.25) is 0 Å². The number of carbonyl (C=O) groups is 2. The number of nitrogens with zero attached hydrogens (tertiary/aromatic N) is 1. The molecule has 3 rings (SSSR count). The van der Waals surface area contributed by atoms with E-state index in [1.807, 2.05) is 56.3 Å². The van der Waals surface area contributed by atoms with Crippen LogP contribution in [-0.4, -0.2) is 29.3 Å². The van der Waals surface area contributed by atoms with E-state index < -0.39 is 0 Å². The van der Waals surface area contributed by atoms with Crippen LogP contribution in [0, 0.1) is 0 Å². The maximum absolute atomic E-state index is 12.7. The molecule has 5 nitrogen and oxygen atoms in total. The summed E-state index contributed by atoms with van der Waals surface area (Å²) in [5, 5.41) is -0.265. The summed E-state index contributed by atoms with van der Waals surface area (Å²) >= 11 is 0.949. The van der Waals surface area contributed by atoms with E-state index in [9.17, 15) is 9.59 Å². The minimum atomic E-state index is -0.287. The second-order valence-corrected chi connectivity index (χ2v) is 6.81. The fourth-order valence-electron chi connectivity index (χ4n) is 2.71. The zero-order valence-corrected chi connectivity index (χ0v) is 16.1. The number of ether oxygens (including phenoxy) is 2. The van der Waals surface area contributed by atoms with E-state index in [0.29, 0.717) is 29.6 Å². The number of carbonyl (C=O) groups excluding carboxylic acids is 2. The SMILES string of the molecule is CCOc1ccc(C=C2SC(=O)N(Cc3ccccc3)C2=O)c(OCC)c1. The van der Waals surface area contributed by atoms with Crippen molar-refractivity contribution in [1.82, 2.24) is 4.90 Å². The maximum atomic E-state index is 12.7. The fraction of sp³-hybridized carbons (Fsp3) is 0.238. The molecule has 0 radical (unpaired) electrons. The van der Waals surface area contributed by atoms with Crippen LogP contribution in [-0.2, 0) is 11.3 Å². The van der Waals surface area contributed by atoms with Gasteiger partial charge in [0.1, 0.15) is 11.5 Å². The lowest BCUT2D eigenvalue weighted by molar-refractivity contribution is -0.123. The van der Waals surface area contributed by atoms with Crippen LogP contribution < -0.4 is 9.47 Å². The van der Waals surface area contributed by atoms with Crippen molar-refractivity contribution in [2.45, 2.75) is 20.4 Å². The number of hydrogen-bond donors (Lipinski definition) is 0. The van der Waals surface area contributed by atoms with Crippen molar-refractivity contribution in [3.05, 3.63) is 64.6 Å². The number of imide groups is 1. The number of thioether (sulfide) groups is 1. The summed E-state index contributed by atoms with van der Waals surface area (Å²) in [6, 6.07) is 14.9. The van der Waals surface area contributed by atoms with Crippen LogP contribution in [0.4, 0.5) is 4.79 Å². The molecule has 1 aliphatic rings. The number of hydrogen-bond acceptors (Lipinski definition) is 5. The Morgan fingerprint density at radius 1 is 1.00 bits per heavy atom. The summed E-state index contributed by atoms with van der Waals surface area (Å²) in [7, 11) is 0. The summed E-state index contributed by atoms with van der Waals surface area (Å²) in [4.78, 5) is 26.7. The van der Waals surface area contributed by atoms with Crippen LogP contribution in [0.15, 0.2) is 53.4 Å². The van der Waals surface area contributed by atoms with Crippen molar-refractivity contribution in [2.24, 2.45) is 0 Å². The summed E-state index contributed by atoms with van der Waals surface area (Å²) in [6.45, 7) is 5.13. The van der Waals surface area contributed by atoms with Gasteiger partial charge < -0.3 is 9.47 Å². The molecule has 6 heteroatoms. The molecule has 0 unspecified atom stereocenters. The van der Waals surface area contributed by atoms with Gasteiger partial charge in [0.05, 0.1) is 24.7 Å². The third-order valence-electron chi connectivity index (χ3n) is 3.94. The molecular weight excluding hydrogens is 362 g/mol. The Kier molecular flexibility index (Phi) is 6.19. The van der Waals surface area contributed by atoms with E-state index in [1.54, 1.807) is 12.1 Å². The smallest absolute Gasteiger partial charge is 0.293 e. The topological polar surface area (TPSA) is 55.8 Å². The van der Waals surface area contributed by atoms with Gasteiger partial charge in [0, 0.05) is 11.6 Å². The van der Waals surface area contributed by atoms with E-state index in [0.717, 1.165) is 22.9 Å². The summed E-state index contributed by atoms with van der Waals surface area (Å²) in [6.07, 6.45) is 1.70. The summed E-state index contributed by atoms with van der Waals surface area (Å²) < 4.78 is 11.2. The molecule has 140 valence electrons. The number of amides is 2. The second kappa shape index (κ2) is 8.77. The van der Waals surface area contributed by atoms with Gasteiger partial charge in [0.25, 0.3) is 11.1 Å². The Labute approximate surface area is 163 Å². The lowest BCUT2D eigenvalue weighted by Crippen LogP contribution is -2.27. The van der Waals surface area contributed by atoms with Gasteiger partial charge in [-0.3, -0.25) is 14.5 Å². The molecule has 1 heterocycles. The first-order valence-electron chi connectivity index (χ1n) is 8.81. The molecule has 27 heavy (non-hydrogen) atoms. The average molecular weight is 383 g/mol. The maximum Gasteiger partial charge on any atom is 0.293 e. The Morgan fingerprint density at radius 2 is 1.74 bits per heavy atom. The highest BCUT2D eigenvalue weighted by molar-refractivity contribution is 8.18. The molecule has 0 spiro atoms. The van der Waals surface area contributed by atoms with Gasteiger partial charge in [-0.25, -0.2) is 0 Å². The van der Waals surface area contributed by atoms with Crippen LogP contribution in [0.1, 0.15) is 25.0 Å². The predicted octanol–water partition coefficient (Wildman–Crippen LogP) is 4.72. The third kappa shape index (κ3) is 4.52. The van der Waals surface area contributed by atoms with Gasteiger partial charge in [-0.15, -0.1) is 0 Å². The first-order valence-corrected chi connectivity index (χ1v) is 9.63. The zero-order valence-electron chi connectivity index (χ0n) is 15.3. The van der Waals surface area contributed by atoms with Gasteiger partial charge >= 0.3 is 0 Å². The minimum absolute atomic E-state index is 0.265. The molecule has 2 amide bonds. The molecule has 1 saturated heterocycles. The van der Waals surface area contributed by atoms with E-state index in [-0.39, 0.29) is 17.7 Å². The van der Waals surface area contributed by atoms with Gasteiger partial charge in [-0.1, -0.05) is 30.3 Å². The van der Waals surface area contributed by atoms with Crippen LogP contribution in [0.25, 0.3) is 6.08 Å². The standard InChI is InChI=1S/C21H21NO4S/c1-3-25-17-11-10-16(18(13-17)26-4-2)12-19-20(23)22(21(24)27-19)14-15-8-6-5-7-9-15/h5-13H,3-4,14H2,1-2H3. The van der Waals surface area contributed by atoms with Crippen molar-refractivity contribution in [3.8, 4) is 11.5 Å². The highest BCUT2D eigenvalue weighted by Crippen LogP contribution is 2.35. The van der Waals surface area contributed by atoms with E-state index in [4.69, 9.17) is 9.47 Å². The molecule has 2 aromatic rings. The van der Waals surface area contributed by atoms with Crippen LogP contribution in [0.3, 0.4) is 0 Å². The Bertz CT molecular complexity index is 864. The van der Waals surface area contributed by atoms with Gasteiger partial charge in [0.15, 0.2) is 0 Å². The monoisotopic (exact) mass is 383 g/mol. The molecule has 0 saturated carbocycles. The van der Waals surface area contributed by atoms with Crippen molar-refractivity contribution < 1.29 is 19.1 Å². The molecule has 1 aliphatic heterocycles. The van der Waals surface area contributed by atoms with Gasteiger partial charge in [-0.05, 0) is 49.4 Å². The zero-order chi connectivity index (χ0) is 19.2. The van der Waals surface area contributed by atoms with Gasteiger partial charge in [0.2, 0.25) is 0 Å². The number of benzene rings is 2. The normalized spacial score (nSPS) is 15.5. The quantitative estimate of drug-likeness (QED) is 0.648. The molecule has 0 N–H and O–H groups in total. The molecular formula is C21H21NO4S. The lowest BCUT2D eigenvalue weighted by atomic mass is 10.1. The van der Waals surface area contributed by atoms with E-state index in [2.05, 4.69) is 0 Å². The molecule has 0 atom stereocenters. The molecule has 0 aromatic heterocycles. The highest BCUT2D eigenvalue weighted by atomic mass is 32.2. The largest absolute Gasteiger partial charge is 0.494 e. The molecule has 2 aromatic carbocycles. The van der Waals surface area contributed by atoms with E-state index >= 15 is 0 Å². The minimum Gasteiger partial charge on any atom is -0.494 e.